The lowest BCUT2D eigenvalue weighted by molar-refractivity contribution is -0.152. The quantitative estimate of drug-likeness (QED) is 0.687. The predicted octanol–water partition coefficient (Wildman–Crippen LogP) is 3.24. The molecule has 22 heavy (non-hydrogen) atoms. The summed E-state index contributed by atoms with van der Waals surface area (Å²) in [7, 11) is 1.50. The van der Waals surface area contributed by atoms with Gasteiger partial charge in [-0.05, 0) is 25.5 Å². The van der Waals surface area contributed by atoms with Gasteiger partial charge in [0.05, 0.1) is 6.61 Å². The summed E-state index contributed by atoms with van der Waals surface area (Å²) in [6, 6.07) is 9.33. The van der Waals surface area contributed by atoms with E-state index in [1.54, 1.807) is 0 Å². The van der Waals surface area contributed by atoms with E-state index in [0.29, 0.717) is 0 Å². The number of esters is 1. The van der Waals surface area contributed by atoms with Gasteiger partial charge in [-0.2, -0.15) is 0 Å². The van der Waals surface area contributed by atoms with Crippen molar-refractivity contribution in [2.24, 2.45) is 5.73 Å². The first kappa shape index (κ1) is 20.6. The van der Waals surface area contributed by atoms with Gasteiger partial charge in [-0.15, -0.1) is 0 Å². The number of carbonyl (C=O) groups is 1. The van der Waals surface area contributed by atoms with Gasteiger partial charge in [0.2, 0.25) is 0 Å². The molecule has 0 spiro atoms. The number of unbranched alkanes of at least 4 members (excludes halogenated alkanes) is 1. The minimum Gasteiger partial charge on any atom is -0.462 e. The van der Waals surface area contributed by atoms with Crippen molar-refractivity contribution in [2.75, 3.05) is 13.7 Å². The topological polar surface area (TPSA) is 72.5 Å². The highest BCUT2D eigenvalue weighted by molar-refractivity contribution is 5.78. The van der Waals surface area contributed by atoms with E-state index in [2.05, 4.69) is 19.6 Å². The first-order valence-electron chi connectivity index (χ1n) is 8.16. The molecule has 1 aromatic carbocycles. The van der Waals surface area contributed by atoms with Gasteiger partial charge < -0.3 is 15.6 Å². The fraction of sp³-hybridized carbons (Fsp3) is 0.611. The first-order chi connectivity index (χ1) is 10.7. The second-order valence-electron chi connectivity index (χ2n) is 5.14. The number of hydrogen-bond acceptors (Lipinski definition) is 4. The van der Waals surface area contributed by atoms with E-state index in [1.165, 1.54) is 7.05 Å². The molecule has 0 aromatic heterocycles. The molecule has 0 heterocycles. The lowest BCUT2D eigenvalue weighted by Gasteiger charge is -2.21. The largest absolute Gasteiger partial charge is 0.462 e. The van der Waals surface area contributed by atoms with Crippen LogP contribution in [0.25, 0.3) is 0 Å². The average molecular weight is 309 g/mol. The van der Waals surface area contributed by atoms with Gasteiger partial charge in [-0.3, -0.25) is 4.79 Å². The molecule has 0 bridgehead atoms. The van der Waals surface area contributed by atoms with Gasteiger partial charge in [-0.25, -0.2) is 0 Å². The van der Waals surface area contributed by atoms with E-state index in [9.17, 15) is 9.90 Å². The lowest BCUT2D eigenvalue weighted by atomic mass is 10.00. The smallest absolute Gasteiger partial charge is 0.316 e. The van der Waals surface area contributed by atoms with Crippen molar-refractivity contribution in [1.82, 2.24) is 0 Å². The molecule has 0 aliphatic rings. The van der Waals surface area contributed by atoms with Crippen LogP contribution in [0.5, 0.6) is 0 Å². The Bertz CT molecular complexity index is 381. The Labute approximate surface area is 134 Å². The molecule has 2 unspecified atom stereocenters. The van der Waals surface area contributed by atoms with Crippen LogP contribution in [-0.4, -0.2) is 30.8 Å². The van der Waals surface area contributed by atoms with Crippen molar-refractivity contribution in [3.8, 4) is 0 Å². The second-order valence-corrected chi connectivity index (χ2v) is 5.14. The number of benzene rings is 1. The molecule has 126 valence electrons. The third kappa shape index (κ3) is 7.57. The molecular weight excluding hydrogens is 278 g/mol. The second kappa shape index (κ2) is 13.3. The minimum atomic E-state index is -0.572. The fourth-order valence-electron chi connectivity index (χ4n) is 2.26. The number of hydrogen-bond donors (Lipinski definition) is 2. The van der Waals surface area contributed by atoms with Crippen molar-refractivity contribution in [3.63, 3.8) is 0 Å². The van der Waals surface area contributed by atoms with Crippen molar-refractivity contribution in [3.05, 3.63) is 35.9 Å². The molecule has 0 radical (unpaired) electrons. The number of aliphatic hydroxyl groups excluding tert-OH is 1. The Balaban J connectivity index is 0.00000211. The Hall–Kier alpha value is -1.39. The molecule has 3 N–H and O–H groups in total. The van der Waals surface area contributed by atoms with Gasteiger partial charge >= 0.3 is 5.97 Å². The zero-order chi connectivity index (χ0) is 16.8. The zero-order valence-electron chi connectivity index (χ0n) is 14.1. The van der Waals surface area contributed by atoms with Gasteiger partial charge in [0, 0.05) is 0 Å². The number of rotatable bonds is 9. The van der Waals surface area contributed by atoms with Crippen LogP contribution in [0.3, 0.4) is 0 Å². The van der Waals surface area contributed by atoms with Crippen LogP contribution in [0.1, 0.15) is 57.4 Å². The maximum absolute atomic E-state index is 12.2. The molecule has 2 atom stereocenters. The first-order valence-corrected chi connectivity index (χ1v) is 8.16. The predicted molar refractivity (Wildman–Crippen MR) is 90.7 cm³/mol. The SMILES string of the molecule is CCCCC(CCC)OC(=O)C(CO)c1ccccc1.CN. The van der Waals surface area contributed by atoms with E-state index in [-0.39, 0.29) is 18.7 Å². The summed E-state index contributed by atoms with van der Waals surface area (Å²) in [6.07, 6.45) is 4.93. The highest BCUT2D eigenvalue weighted by Gasteiger charge is 2.24. The van der Waals surface area contributed by atoms with Gasteiger partial charge in [-0.1, -0.05) is 63.4 Å². The molecule has 4 heteroatoms. The van der Waals surface area contributed by atoms with E-state index < -0.39 is 5.92 Å². The number of carbonyl (C=O) groups excluding carboxylic acids is 1. The van der Waals surface area contributed by atoms with E-state index in [0.717, 1.165) is 37.7 Å². The van der Waals surface area contributed by atoms with Crippen LogP contribution in [0.2, 0.25) is 0 Å². The molecule has 0 fully saturated rings. The Morgan fingerprint density at radius 2 is 1.77 bits per heavy atom. The summed E-state index contributed by atoms with van der Waals surface area (Å²) in [5.74, 6) is -0.884. The van der Waals surface area contributed by atoms with Crippen LogP contribution < -0.4 is 5.73 Å². The standard InChI is InChI=1S/C17H26O3.CH5N/c1-3-5-12-15(9-4-2)20-17(19)16(13-18)14-10-7-6-8-11-14;1-2/h6-8,10-11,15-16,18H,3-5,9,12-13H2,1-2H3;2H2,1H3. The van der Waals surface area contributed by atoms with E-state index in [4.69, 9.17) is 4.74 Å². The van der Waals surface area contributed by atoms with Crippen LogP contribution in [0, 0.1) is 0 Å². The molecular formula is C18H31NO3. The van der Waals surface area contributed by atoms with Gasteiger partial charge in [0.25, 0.3) is 0 Å². The van der Waals surface area contributed by atoms with Crippen LogP contribution in [-0.2, 0) is 9.53 Å². The summed E-state index contributed by atoms with van der Waals surface area (Å²) in [6.45, 7) is 4.01. The number of ether oxygens (including phenoxy) is 1. The summed E-state index contributed by atoms with van der Waals surface area (Å²) in [4.78, 5) is 12.2. The lowest BCUT2D eigenvalue weighted by Crippen LogP contribution is -2.25. The molecule has 4 nitrogen and oxygen atoms in total. The normalized spacial score (nSPS) is 12.8. The Kier molecular flexibility index (Phi) is 12.4. The maximum atomic E-state index is 12.2. The molecule has 0 amide bonds. The molecule has 0 saturated heterocycles. The van der Waals surface area contributed by atoms with Gasteiger partial charge in [0.15, 0.2) is 0 Å². The van der Waals surface area contributed by atoms with Crippen LogP contribution in [0.4, 0.5) is 0 Å². The molecule has 0 aliphatic heterocycles. The zero-order valence-corrected chi connectivity index (χ0v) is 14.1. The highest BCUT2D eigenvalue weighted by atomic mass is 16.5. The monoisotopic (exact) mass is 309 g/mol. The molecule has 1 aromatic rings. The molecule has 0 aliphatic carbocycles. The maximum Gasteiger partial charge on any atom is 0.316 e. The molecule has 0 saturated carbocycles. The van der Waals surface area contributed by atoms with Gasteiger partial charge in [0.1, 0.15) is 12.0 Å². The van der Waals surface area contributed by atoms with Crippen molar-refractivity contribution < 1.29 is 14.6 Å². The van der Waals surface area contributed by atoms with Crippen LogP contribution >= 0.6 is 0 Å². The minimum absolute atomic E-state index is 0.0230. The average Bonchev–Trinajstić information content (AvgIpc) is 2.56. The van der Waals surface area contributed by atoms with E-state index >= 15 is 0 Å². The summed E-state index contributed by atoms with van der Waals surface area (Å²) in [5.41, 5.74) is 5.31. The van der Waals surface area contributed by atoms with Crippen LogP contribution in [0.15, 0.2) is 30.3 Å². The molecule has 1 rings (SSSR count). The van der Waals surface area contributed by atoms with Crippen molar-refractivity contribution in [2.45, 2.75) is 58.0 Å². The number of nitrogens with two attached hydrogens (primary N) is 1. The Morgan fingerprint density at radius 3 is 2.27 bits per heavy atom. The fourth-order valence-corrected chi connectivity index (χ4v) is 2.26. The summed E-state index contributed by atoms with van der Waals surface area (Å²) < 4.78 is 5.60. The van der Waals surface area contributed by atoms with Crippen molar-refractivity contribution >= 4 is 5.97 Å². The third-order valence-corrected chi connectivity index (χ3v) is 3.44. The number of aliphatic hydroxyl groups is 1. The highest BCUT2D eigenvalue weighted by Crippen LogP contribution is 2.20. The van der Waals surface area contributed by atoms with E-state index in [1.807, 2.05) is 30.3 Å². The Morgan fingerprint density at radius 1 is 1.14 bits per heavy atom. The third-order valence-electron chi connectivity index (χ3n) is 3.44. The summed E-state index contributed by atoms with van der Waals surface area (Å²) >= 11 is 0. The summed E-state index contributed by atoms with van der Waals surface area (Å²) in [5, 5.41) is 9.47. The van der Waals surface area contributed by atoms with Crippen molar-refractivity contribution in [1.29, 1.82) is 0 Å².